The summed E-state index contributed by atoms with van der Waals surface area (Å²) in [4.78, 5) is 24.7. The van der Waals surface area contributed by atoms with E-state index in [1.807, 2.05) is 18.2 Å². The zero-order chi connectivity index (χ0) is 13.8. The van der Waals surface area contributed by atoms with Crippen LogP contribution < -0.4 is 0 Å². The smallest absolute Gasteiger partial charge is 0.323 e. The summed E-state index contributed by atoms with van der Waals surface area (Å²) in [5, 5.41) is 8.90. The summed E-state index contributed by atoms with van der Waals surface area (Å²) in [6.45, 7) is -0.268. The fraction of sp³-hybridized carbons (Fsp3) is 0.429. The summed E-state index contributed by atoms with van der Waals surface area (Å²) in [7, 11) is 1.46. The van der Waals surface area contributed by atoms with Crippen LogP contribution >= 0.6 is 0 Å². The number of carboxylic acid groups (broad SMARTS) is 1. The second-order valence-electron chi connectivity index (χ2n) is 4.62. The van der Waals surface area contributed by atoms with Gasteiger partial charge in [-0.1, -0.05) is 30.3 Å². The highest BCUT2D eigenvalue weighted by Gasteiger charge is 2.37. The average Bonchev–Trinajstić information content (AvgIpc) is 3.22. The van der Waals surface area contributed by atoms with E-state index in [0.717, 1.165) is 18.4 Å². The van der Waals surface area contributed by atoms with Gasteiger partial charge in [0.1, 0.15) is 6.54 Å². The van der Waals surface area contributed by atoms with Crippen LogP contribution in [0.15, 0.2) is 30.3 Å². The number of carbonyl (C=O) groups excluding carboxylic acids is 1. The number of aliphatic carboxylic acids is 1. The maximum atomic E-state index is 12.4. The SMILES string of the molecule is CO[C@@H](C(=O)N(CC(=O)O)C1CC1)c1ccccc1. The van der Waals surface area contributed by atoms with Crippen LogP contribution in [0.1, 0.15) is 24.5 Å². The Morgan fingerprint density at radius 1 is 1.37 bits per heavy atom. The second kappa shape index (κ2) is 5.84. The number of benzene rings is 1. The summed E-state index contributed by atoms with van der Waals surface area (Å²) in [6, 6.07) is 9.16. The Morgan fingerprint density at radius 3 is 2.47 bits per heavy atom. The molecule has 0 aliphatic heterocycles. The lowest BCUT2D eigenvalue weighted by Gasteiger charge is -2.25. The van der Waals surface area contributed by atoms with Crippen LogP contribution in [0.2, 0.25) is 0 Å². The van der Waals surface area contributed by atoms with Crippen molar-refractivity contribution in [2.24, 2.45) is 0 Å². The molecular weight excluding hydrogens is 246 g/mol. The standard InChI is InChI=1S/C14H17NO4/c1-19-13(10-5-3-2-4-6-10)14(18)15(9-12(16)17)11-7-8-11/h2-6,11,13H,7-9H2,1H3,(H,16,17)/t13-/m1/s1. The van der Waals surface area contributed by atoms with E-state index in [9.17, 15) is 9.59 Å². The summed E-state index contributed by atoms with van der Waals surface area (Å²) in [5.74, 6) is -1.28. The van der Waals surface area contributed by atoms with Crippen molar-refractivity contribution in [1.82, 2.24) is 4.90 Å². The third kappa shape index (κ3) is 3.32. The molecule has 0 aromatic heterocycles. The van der Waals surface area contributed by atoms with Gasteiger partial charge in [0.05, 0.1) is 0 Å². The van der Waals surface area contributed by atoms with E-state index in [-0.39, 0.29) is 18.5 Å². The molecular formula is C14H17NO4. The Balaban J connectivity index is 2.16. The largest absolute Gasteiger partial charge is 0.480 e. The van der Waals surface area contributed by atoms with Gasteiger partial charge in [-0.05, 0) is 18.4 Å². The predicted octanol–water partition coefficient (Wildman–Crippen LogP) is 1.45. The van der Waals surface area contributed by atoms with Crippen molar-refractivity contribution >= 4 is 11.9 Å². The molecule has 5 nitrogen and oxygen atoms in total. The molecule has 1 fully saturated rings. The summed E-state index contributed by atoms with van der Waals surface area (Å²) < 4.78 is 5.25. The van der Waals surface area contributed by atoms with Crippen molar-refractivity contribution in [3.05, 3.63) is 35.9 Å². The highest BCUT2D eigenvalue weighted by atomic mass is 16.5. The first kappa shape index (κ1) is 13.5. The van der Waals surface area contributed by atoms with E-state index in [2.05, 4.69) is 0 Å². The van der Waals surface area contributed by atoms with Crippen LogP contribution in [0, 0.1) is 0 Å². The van der Waals surface area contributed by atoms with E-state index in [1.165, 1.54) is 12.0 Å². The van der Waals surface area contributed by atoms with E-state index in [4.69, 9.17) is 9.84 Å². The molecule has 0 saturated heterocycles. The first-order valence-corrected chi connectivity index (χ1v) is 6.23. The number of rotatable bonds is 6. The number of carboxylic acids is 1. The number of carbonyl (C=O) groups is 2. The first-order valence-electron chi connectivity index (χ1n) is 6.23. The topological polar surface area (TPSA) is 66.8 Å². The summed E-state index contributed by atoms with van der Waals surface area (Å²) in [5.41, 5.74) is 0.742. The van der Waals surface area contributed by atoms with Gasteiger partial charge >= 0.3 is 5.97 Å². The lowest BCUT2D eigenvalue weighted by atomic mass is 10.1. The summed E-state index contributed by atoms with van der Waals surface area (Å²) >= 11 is 0. The number of methoxy groups -OCH3 is 1. The second-order valence-corrected chi connectivity index (χ2v) is 4.62. The Kier molecular flexibility index (Phi) is 4.16. The Labute approximate surface area is 111 Å². The third-order valence-electron chi connectivity index (χ3n) is 3.14. The summed E-state index contributed by atoms with van der Waals surface area (Å²) in [6.07, 6.45) is 0.996. The monoisotopic (exact) mass is 263 g/mol. The van der Waals surface area contributed by atoms with E-state index >= 15 is 0 Å². The van der Waals surface area contributed by atoms with Crippen LogP contribution in [0.4, 0.5) is 0 Å². The number of hydrogen-bond donors (Lipinski definition) is 1. The van der Waals surface area contributed by atoms with Crippen molar-refractivity contribution in [3.8, 4) is 0 Å². The zero-order valence-electron chi connectivity index (χ0n) is 10.8. The molecule has 1 aromatic rings. The molecule has 1 N–H and O–H groups in total. The van der Waals surface area contributed by atoms with Gasteiger partial charge in [0.15, 0.2) is 6.10 Å². The molecule has 102 valence electrons. The minimum absolute atomic E-state index is 0.0463. The van der Waals surface area contributed by atoms with Crippen LogP contribution in [0.3, 0.4) is 0 Å². The quantitative estimate of drug-likeness (QED) is 0.843. The lowest BCUT2D eigenvalue weighted by Crippen LogP contribution is -2.40. The van der Waals surface area contributed by atoms with Crippen LogP contribution in [0.5, 0.6) is 0 Å². The Bertz CT molecular complexity index is 456. The maximum absolute atomic E-state index is 12.4. The van der Waals surface area contributed by atoms with Crippen molar-refractivity contribution in [2.45, 2.75) is 25.0 Å². The first-order chi connectivity index (χ1) is 9.13. The van der Waals surface area contributed by atoms with Gasteiger partial charge in [0.2, 0.25) is 0 Å². The Hall–Kier alpha value is -1.88. The molecule has 1 aliphatic rings. The van der Waals surface area contributed by atoms with Crippen LogP contribution in [0.25, 0.3) is 0 Å². The highest BCUT2D eigenvalue weighted by molar-refractivity contribution is 5.86. The lowest BCUT2D eigenvalue weighted by molar-refractivity contribution is -0.150. The van der Waals surface area contributed by atoms with Gasteiger partial charge in [-0.2, -0.15) is 0 Å². The molecule has 0 heterocycles. The van der Waals surface area contributed by atoms with Gasteiger partial charge in [-0.15, -0.1) is 0 Å². The van der Waals surface area contributed by atoms with Gasteiger partial charge in [0, 0.05) is 13.2 Å². The molecule has 1 aliphatic carbocycles. The number of ether oxygens (including phenoxy) is 1. The molecule has 2 rings (SSSR count). The molecule has 0 radical (unpaired) electrons. The van der Waals surface area contributed by atoms with Gasteiger partial charge in [0.25, 0.3) is 5.91 Å². The van der Waals surface area contributed by atoms with Gasteiger partial charge in [-0.25, -0.2) is 0 Å². The zero-order valence-corrected chi connectivity index (χ0v) is 10.8. The number of amides is 1. The molecule has 1 saturated carbocycles. The molecule has 0 unspecified atom stereocenters. The molecule has 1 amide bonds. The molecule has 5 heteroatoms. The van der Waals surface area contributed by atoms with E-state index in [1.54, 1.807) is 12.1 Å². The normalized spacial score (nSPS) is 15.8. The van der Waals surface area contributed by atoms with Crippen molar-refractivity contribution in [1.29, 1.82) is 0 Å². The maximum Gasteiger partial charge on any atom is 0.323 e. The average molecular weight is 263 g/mol. The van der Waals surface area contributed by atoms with Crippen LogP contribution in [-0.4, -0.2) is 41.6 Å². The van der Waals surface area contributed by atoms with Crippen LogP contribution in [-0.2, 0) is 14.3 Å². The number of hydrogen-bond acceptors (Lipinski definition) is 3. The van der Waals surface area contributed by atoms with Gasteiger partial charge < -0.3 is 14.7 Å². The minimum atomic E-state index is -0.997. The van der Waals surface area contributed by atoms with E-state index < -0.39 is 12.1 Å². The minimum Gasteiger partial charge on any atom is -0.480 e. The third-order valence-corrected chi connectivity index (χ3v) is 3.14. The van der Waals surface area contributed by atoms with Crippen molar-refractivity contribution in [2.75, 3.05) is 13.7 Å². The predicted molar refractivity (Wildman–Crippen MR) is 68.6 cm³/mol. The molecule has 1 atom stereocenters. The van der Waals surface area contributed by atoms with Gasteiger partial charge in [-0.3, -0.25) is 9.59 Å². The van der Waals surface area contributed by atoms with E-state index in [0.29, 0.717) is 0 Å². The fourth-order valence-corrected chi connectivity index (χ4v) is 2.08. The molecule has 19 heavy (non-hydrogen) atoms. The highest BCUT2D eigenvalue weighted by Crippen LogP contribution is 2.30. The van der Waals surface area contributed by atoms with Crippen molar-refractivity contribution < 1.29 is 19.4 Å². The Morgan fingerprint density at radius 2 is 2.00 bits per heavy atom. The number of nitrogens with zero attached hydrogens (tertiary/aromatic N) is 1. The molecule has 1 aromatic carbocycles. The fourth-order valence-electron chi connectivity index (χ4n) is 2.08. The van der Waals surface area contributed by atoms with Crippen molar-refractivity contribution in [3.63, 3.8) is 0 Å². The molecule has 0 bridgehead atoms. The molecule has 0 spiro atoms.